The van der Waals surface area contributed by atoms with Crippen molar-refractivity contribution in [2.45, 2.75) is 32.2 Å². The van der Waals surface area contributed by atoms with Gasteiger partial charge in [-0.15, -0.1) is 0 Å². The minimum absolute atomic E-state index is 0.0912. The lowest BCUT2D eigenvalue weighted by atomic mass is 10.1. The molecular weight excluding hydrogens is 240 g/mol. The Morgan fingerprint density at radius 3 is 2.89 bits per heavy atom. The highest BCUT2D eigenvalue weighted by Gasteiger charge is 2.27. The molecule has 0 spiro atoms. The van der Waals surface area contributed by atoms with E-state index in [4.69, 9.17) is 10.5 Å². The molecule has 2 atom stereocenters. The van der Waals surface area contributed by atoms with Gasteiger partial charge < -0.3 is 15.8 Å². The zero-order valence-corrected chi connectivity index (χ0v) is 11.4. The van der Waals surface area contributed by atoms with E-state index in [0.717, 1.165) is 30.6 Å². The summed E-state index contributed by atoms with van der Waals surface area (Å²) < 4.78 is 5.63. The highest BCUT2D eigenvalue weighted by atomic mass is 16.5. The van der Waals surface area contributed by atoms with Crippen LogP contribution in [0, 0.1) is 12.8 Å². The number of amides is 1. The summed E-state index contributed by atoms with van der Waals surface area (Å²) in [5.74, 6) is 1.08. The maximum absolute atomic E-state index is 11.8. The van der Waals surface area contributed by atoms with Crippen molar-refractivity contribution in [2.75, 3.05) is 13.2 Å². The fourth-order valence-electron chi connectivity index (χ4n) is 2.45. The Kier molecular flexibility index (Phi) is 4.80. The Morgan fingerprint density at radius 2 is 2.21 bits per heavy atom. The number of hydrogen-bond donors (Lipinski definition) is 2. The molecule has 0 radical (unpaired) electrons. The molecular formula is C15H22N2O2. The smallest absolute Gasteiger partial charge is 0.223 e. The van der Waals surface area contributed by atoms with E-state index >= 15 is 0 Å². The molecule has 4 heteroatoms. The van der Waals surface area contributed by atoms with Crippen molar-refractivity contribution in [3.8, 4) is 5.75 Å². The zero-order valence-electron chi connectivity index (χ0n) is 11.4. The summed E-state index contributed by atoms with van der Waals surface area (Å²) in [5, 5.41) is 2.92. The van der Waals surface area contributed by atoms with Crippen molar-refractivity contribution in [1.29, 1.82) is 0 Å². The van der Waals surface area contributed by atoms with Crippen LogP contribution >= 0.6 is 0 Å². The second kappa shape index (κ2) is 6.57. The predicted octanol–water partition coefficient (Wildman–Crippen LogP) is 1.62. The number of nitrogens with one attached hydrogen (secondary N) is 1. The van der Waals surface area contributed by atoms with E-state index in [1.807, 2.05) is 31.2 Å². The topological polar surface area (TPSA) is 64.3 Å². The van der Waals surface area contributed by atoms with Crippen LogP contribution in [0.4, 0.5) is 0 Å². The largest absolute Gasteiger partial charge is 0.491 e. The molecule has 1 amide bonds. The fourth-order valence-corrected chi connectivity index (χ4v) is 2.45. The molecule has 1 saturated carbocycles. The van der Waals surface area contributed by atoms with Gasteiger partial charge in [-0.1, -0.05) is 18.2 Å². The monoisotopic (exact) mass is 262 g/mol. The van der Waals surface area contributed by atoms with Crippen LogP contribution < -0.4 is 15.8 Å². The van der Waals surface area contributed by atoms with Gasteiger partial charge in [0.05, 0.1) is 6.54 Å². The molecule has 1 aliphatic rings. The summed E-state index contributed by atoms with van der Waals surface area (Å²) in [6, 6.07) is 8.06. The summed E-state index contributed by atoms with van der Waals surface area (Å²) in [7, 11) is 0. The van der Waals surface area contributed by atoms with Crippen LogP contribution in [-0.2, 0) is 4.79 Å². The third-order valence-electron chi connectivity index (χ3n) is 3.60. The third-order valence-corrected chi connectivity index (χ3v) is 3.60. The van der Waals surface area contributed by atoms with E-state index in [0.29, 0.717) is 13.2 Å². The first-order valence-electron chi connectivity index (χ1n) is 6.88. The van der Waals surface area contributed by atoms with E-state index < -0.39 is 0 Å². The summed E-state index contributed by atoms with van der Waals surface area (Å²) in [6.07, 6.45) is 2.67. The van der Waals surface area contributed by atoms with Crippen molar-refractivity contribution in [1.82, 2.24) is 5.32 Å². The van der Waals surface area contributed by atoms with Gasteiger partial charge in [0, 0.05) is 12.0 Å². The number of aryl methyl sites for hydroxylation is 1. The lowest BCUT2D eigenvalue weighted by Crippen LogP contribution is -2.33. The molecule has 0 aliphatic heterocycles. The molecule has 3 N–H and O–H groups in total. The van der Waals surface area contributed by atoms with E-state index in [1.54, 1.807) is 0 Å². The van der Waals surface area contributed by atoms with Gasteiger partial charge in [-0.05, 0) is 37.8 Å². The number of carbonyl (C=O) groups excluding carboxylic acids is 1. The SMILES string of the molecule is Cc1ccccc1OCCNC(=O)C1CCC(N)C1. The van der Waals surface area contributed by atoms with Crippen LogP contribution in [0.3, 0.4) is 0 Å². The van der Waals surface area contributed by atoms with Crippen LogP contribution in [0.2, 0.25) is 0 Å². The Bertz CT molecular complexity index is 434. The van der Waals surface area contributed by atoms with Crippen molar-refractivity contribution in [3.05, 3.63) is 29.8 Å². The van der Waals surface area contributed by atoms with Crippen LogP contribution in [-0.4, -0.2) is 25.1 Å². The lowest BCUT2D eigenvalue weighted by molar-refractivity contribution is -0.124. The van der Waals surface area contributed by atoms with Crippen LogP contribution in [0.25, 0.3) is 0 Å². The number of benzene rings is 1. The minimum Gasteiger partial charge on any atom is -0.491 e. The first kappa shape index (κ1) is 13.9. The average Bonchev–Trinajstić information content (AvgIpc) is 2.83. The Hall–Kier alpha value is -1.55. The number of rotatable bonds is 5. The third kappa shape index (κ3) is 3.96. The van der Waals surface area contributed by atoms with Gasteiger partial charge in [0.25, 0.3) is 0 Å². The summed E-state index contributed by atoms with van der Waals surface area (Å²) in [5.41, 5.74) is 6.91. The molecule has 0 aromatic heterocycles. The fraction of sp³-hybridized carbons (Fsp3) is 0.533. The average molecular weight is 262 g/mol. The van der Waals surface area contributed by atoms with Crippen molar-refractivity contribution in [3.63, 3.8) is 0 Å². The van der Waals surface area contributed by atoms with Gasteiger partial charge in [-0.25, -0.2) is 0 Å². The van der Waals surface area contributed by atoms with Crippen LogP contribution in [0.15, 0.2) is 24.3 Å². The molecule has 104 valence electrons. The molecule has 2 rings (SSSR count). The normalized spacial score (nSPS) is 22.2. The van der Waals surface area contributed by atoms with Crippen molar-refractivity contribution >= 4 is 5.91 Å². The highest BCUT2D eigenvalue weighted by Crippen LogP contribution is 2.23. The van der Waals surface area contributed by atoms with E-state index in [-0.39, 0.29) is 17.9 Å². The van der Waals surface area contributed by atoms with Crippen molar-refractivity contribution in [2.24, 2.45) is 11.7 Å². The first-order valence-corrected chi connectivity index (χ1v) is 6.88. The van der Waals surface area contributed by atoms with Gasteiger partial charge in [-0.3, -0.25) is 4.79 Å². The standard InChI is InChI=1S/C15H22N2O2/c1-11-4-2-3-5-14(11)19-9-8-17-15(18)12-6-7-13(16)10-12/h2-5,12-13H,6-10,16H2,1H3,(H,17,18). The molecule has 2 unspecified atom stereocenters. The van der Waals surface area contributed by atoms with Gasteiger partial charge in [0.2, 0.25) is 5.91 Å². The number of ether oxygens (including phenoxy) is 1. The van der Waals surface area contributed by atoms with Crippen molar-refractivity contribution < 1.29 is 9.53 Å². The number of nitrogens with two attached hydrogens (primary N) is 1. The maximum Gasteiger partial charge on any atom is 0.223 e. The van der Waals surface area contributed by atoms with E-state index in [2.05, 4.69) is 5.32 Å². The summed E-state index contributed by atoms with van der Waals surface area (Å²) in [4.78, 5) is 11.8. The molecule has 0 heterocycles. The number of hydrogen-bond acceptors (Lipinski definition) is 3. The summed E-state index contributed by atoms with van der Waals surface area (Å²) >= 11 is 0. The lowest BCUT2D eigenvalue weighted by Gasteiger charge is -2.12. The van der Waals surface area contributed by atoms with Gasteiger partial charge in [-0.2, -0.15) is 0 Å². The molecule has 1 aliphatic carbocycles. The zero-order chi connectivity index (χ0) is 13.7. The number of carbonyl (C=O) groups is 1. The molecule has 1 aromatic rings. The first-order chi connectivity index (χ1) is 9.16. The number of para-hydroxylation sites is 1. The van der Waals surface area contributed by atoms with Gasteiger partial charge in [0.1, 0.15) is 12.4 Å². The Morgan fingerprint density at radius 1 is 1.42 bits per heavy atom. The van der Waals surface area contributed by atoms with E-state index in [9.17, 15) is 4.79 Å². The van der Waals surface area contributed by atoms with Crippen LogP contribution in [0.5, 0.6) is 5.75 Å². The quantitative estimate of drug-likeness (QED) is 0.792. The van der Waals surface area contributed by atoms with Gasteiger partial charge >= 0.3 is 0 Å². The molecule has 4 nitrogen and oxygen atoms in total. The molecule has 1 fully saturated rings. The molecule has 19 heavy (non-hydrogen) atoms. The van der Waals surface area contributed by atoms with Crippen LogP contribution in [0.1, 0.15) is 24.8 Å². The molecule has 0 saturated heterocycles. The van der Waals surface area contributed by atoms with Gasteiger partial charge in [0.15, 0.2) is 0 Å². The van der Waals surface area contributed by atoms with E-state index in [1.165, 1.54) is 0 Å². The second-order valence-electron chi connectivity index (χ2n) is 5.18. The highest BCUT2D eigenvalue weighted by molar-refractivity contribution is 5.78. The molecule has 0 bridgehead atoms. The minimum atomic E-state index is 0.0912. The summed E-state index contributed by atoms with van der Waals surface area (Å²) in [6.45, 7) is 3.04. The maximum atomic E-state index is 11.8. The molecule has 1 aromatic carbocycles. The predicted molar refractivity (Wildman–Crippen MR) is 75.0 cm³/mol. The Labute approximate surface area is 114 Å². The Balaban J connectivity index is 1.67. The second-order valence-corrected chi connectivity index (χ2v) is 5.18.